The highest BCUT2D eigenvalue weighted by Gasteiger charge is 2.30. The first-order valence-electron chi connectivity index (χ1n) is 5.48. The standard InChI is InChI=1S/C10H20N2O/c11-12-10(8-3-4-8)6-5-9-2-1-7-13-9/h8-10,12H,1-7,11H2. The second-order valence-corrected chi connectivity index (χ2v) is 4.32. The van der Waals surface area contributed by atoms with Crippen molar-refractivity contribution in [2.75, 3.05) is 6.61 Å². The van der Waals surface area contributed by atoms with Gasteiger partial charge in [-0.2, -0.15) is 0 Å². The molecule has 3 N–H and O–H groups in total. The van der Waals surface area contributed by atoms with Gasteiger partial charge in [-0.3, -0.25) is 11.3 Å². The first kappa shape index (κ1) is 9.44. The van der Waals surface area contributed by atoms with Gasteiger partial charge in [-0.1, -0.05) is 0 Å². The van der Waals surface area contributed by atoms with Gasteiger partial charge in [0, 0.05) is 12.6 Å². The zero-order valence-corrected chi connectivity index (χ0v) is 8.17. The zero-order valence-electron chi connectivity index (χ0n) is 8.17. The molecule has 3 nitrogen and oxygen atoms in total. The van der Waals surface area contributed by atoms with Gasteiger partial charge in [-0.05, 0) is 44.4 Å². The van der Waals surface area contributed by atoms with E-state index in [-0.39, 0.29) is 0 Å². The lowest BCUT2D eigenvalue weighted by atomic mass is 10.0. The lowest BCUT2D eigenvalue weighted by Crippen LogP contribution is -2.37. The fourth-order valence-electron chi connectivity index (χ4n) is 2.19. The lowest BCUT2D eigenvalue weighted by Gasteiger charge is -2.17. The molecule has 1 heterocycles. The number of hydrogen-bond donors (Lipinski definition) is 2. The quantitative estimate of drug-likeness (QED) is 0.498. The van der Waals surface area contributed by atoms with Crippen LogP contribution in [0.25, 0.3) is 0 Å². The van der Waals surface area contributed by atoms with Crippen LogP contribution in [-0.2, 0) is 4.74 Å². The van der Waals surface area contributed by atoms with Crippen LogP contribution in [0.15, 0.2) is 0 Å². The summed E-state index contributed by atoms with van der Waals surface area (Å²) >= 11 is 0. The summed E-state index contributed by atoms with van der Waals surface area (Å²) in [4.78, 5) is 0. The van der Waals surface area contributed by atoms with E-state index < -0.39 is 0 Å². The lowest BCUT2D eigenvalue weighted by molar-refractivity contribution is 0.0988. The number of ether oxygens (including phenoxy) is 1. The fraction of sp³-hybridized carbons (Fsp3) is 1.00. The zero-order chi connectivity index (χ0) is 9.10. The van der Waals surface area contributed by atoms with Crippen molar-refractivity contribution in [1.29, 1.82) is 0 Å². The van der Waals surface area contributed by atoms with Crippen molar-refractivity contribution in [2.24, 2.45) is 11.8 Å². The largest absolute Gasteiger partial charge is 0.378 e. The molecule has 0 aromatic heterocycles. The van der Waals surface area contributed by atoms with Crippen LogP contribution in [0.3, 0.4) is 0 Å². The van der Waals surface area contributed by atoms with Crippen LogP contribution in [0.4, 0.5) is 0 Å². The molecule has 1 saturated carbocycles. The van der Waals surface area contributed by atoms with Crippen LogP contribution < -0.4 is 11.3 Å². The average molecular weight is 184 g/mol. The Bertz CT molecular complexity index is 153. The van der Waals surface area contributed by atoms with Crippen LogP contribution in [0.1, 0.15) is 38.5 Å². The van der Waals surface area contributed by atoms with Crippen LogP contribution in [0.2, 0.25) is 0 Å². The van der Waals surface area contributed by atoms with E-state index in [1.807, 2.05) is 0 Å². The van der Waals surface area contributed by atoms with Gasteiger partial charge in [0.25, 0.3) is 0 Å². The average Bonchev–Trinajstić information content (AvgIpc) is 2.84. The maximum atomic E-state index is 5.58. The van der Waals surface area contributed by atoms with Crippen molar-refractivity contribution >= 4 is 0 Å². The van der Waals surface area contributed by atoms with E-state index in [0.29, 0.717) is 12.1 Å². The summed E-state index contributed by atoms with van der Waals surface area (Å²) in [6.07, 6.45) is 8.11. The van der Waals surface area contributed by atoms with E-state index in [0.717, 1.165) is 12.5 Å². The topological polar surface area (TPSA) is 47.3 Å². The summed E-state index contributed by atoms with van der Waals surface area (Å²) in [5.74, 6) is 6.36. The second kappa shape index (κ2) is 4.40. The van der Waals surface area contributed by atoms with Crippen molar-refractivity contribution in [3.8, 4) is 0 Å². The summed E-state index contributed by atoms with van der Waals surface area (Å²) in [5.41, 5.74) is 2.93. The van der Waals surface area contributed by atoms with Gasteiger partial charge in [-0.25, -0.2) is 0 Å². The minimum atomic E-state index is 0.523. The SMILES string of the molecule is NNC(CCC1CCCO1)C1CC1. The second-order valence-electron chi connectivity index (χ2n) is 4.32. The van der Waals surface area contributed by atoms with E-state index in [1.165, 1.54) is 38.5 Å². The molecule has 0 bridgehead atoms. The molecule has 0 aromatic rings. The van der Waals surface area contributed by atoms with Gasteiger partial charge < -0.3 is 4.74 Å². The molecule has 0 spiro atoms. The van der Waals surface area contributed by atoms with Gasteiger partial charge >= 0.3 is 0 Å². The van der Waals surface area contributed by atoms with Gasteiger partial charge in [0.15, 0.2) is 0 Å². The third kappa shape index (κ3) is 2.66. The Morgan fingerprint density at radius 3 is 2.77 bits per heavy atom. The molecule has 1 aliphatic carbocycles. The molecule has 13 heavy (non-hydrogen) atoms. The van der Waals surface area contributed by atoms with E-state index in [9.17, 15) is 0 Å². The molecule has 76 valence electrons. The van der Waals surface area contributed by atoms with Crippen molar-refractivity contribution in [1.82, 2.24) is 5.43 Å². The molecule has 2 fully saturated rings. The monoisotopic (exact) mass is 184 g/mol. The fourth-order valence-corrected chi connectivity index (χ4v) is 2.19. The highest BCUT2D eigenvalue weighted by Crippen LogP contribution is 2.34. The predicted octanol–water partition coefficient (Wildman–Crippen LogP) is 1.19. The molecule has 2 aliphatic rings. The van der Waals surface area contributed by atoms with Crippen LogP contribution in [0.5, 0.6) is 0 Å². The molecule has 1 aliphatic heterocycles. The third-order valence-electron chi connectivity index (χ3n) is 3.23. The third-order valence-corrected chi connectivity index (χ3v) is 3.23. The Morgan fingerprint density at radius 1 is 1.38 bits per heavy atom. The number of hydrogen-bond acceptors (Lipinski definition) is 3. The van der Waals surface area contributed by atoms with Crippen molar-refractivity contribution < 1.29 is 4.74 Å². The minimum absolute atomic E-state index is 0.523. The smallest absolute Gasteiger partial charge is 0.0576 e. The van der Waals surface area contributed by atoms with Crippen LogP contribution in [0, 0.1) is 5.92 Å². The minimum Gasteiger partial charge on any atom is -0.378 e. The van der Waals surface area contributed by atoms with Crippen LogP contribution >= 0.6 is 0 Å². The molecule has 1 saturated heterocycles. The molecule has 2 unspecified atom stereocenters. The Labute approximate surface area is 80.0 Å². The normalized spacial score (nSPS) is 30.7. The van der Waals surface area contributed by atoms with E-state index in [1.54, 1.807) is 0 Å². The maximum absolute atomic E-state index is 5.58. The van der Waals surface area contributed by atoms with E-state index in [4.69, 9.17) is 10.6 Å². The molecule has 2 rings (SSSR count). The number of nitrogens with two attached hydrogens (primary N) is 1. The molecule has 3 heteroatoms. The van der Waals surface area contributed by atoms with Gasteiger partial charge in [0.1, 0.15) is 0 Å². The first-order chi connectivity index (χ1) is 6.40. The van der Waals surface area contributed by atoms with Crippen molar-refractivity contribution in [3.63, 3.8) is 0 Å². The summed E-state index contributed by atoms with van der Waals surface area (Å²) in [6, 6.07) is 0.546. The highest BCUT2D eigenvalue weighted by molar-refractivity contribution is 4.85. The van der Waals surface area contributed by atoms with Gasteiger partial charge in [-0.15, -0.1) is 0 Å². The van der Waals surface area contributed by atoms with Crippen LogP contribution in [-0.4, -0.2) is 18.8 Å². The Balaban J connectivity index is 1.64. The Kier molecular flexibility index (Phi) is 3.19. The number of hydrazine groups is 1. The van der Waals surface area contributed by atoms with Crippen molar-refractivity contribution in [2.45, 2.75) is 50.7 Å². The molecule has 0 aromatic carbocycles. The summed E-state index contributed by atoms with van der Waals surface area (Å²) in [6.45, 7) is 0.967. The number of rotatable bonds is 5. The molecule has 0 amide bonds. The van der Waals surface area contributed by atoms with E-state index >= 15 is 0 Å². The molecular formula is C10H20N2O. The predicted molar refractivity (Wildman–Crippen MR) is 52.0 cm³/mol. The molecule has 2 atom stereocenters. The molecular weight excluding hydrogens is 164 g/mol. The number of nitrogens with one attached hydrogen (secondary N) is 1. The molecule has 0 radical (unpaired) electrons. The van der Waals surface area contributed by atoms with Gasteiger partial charge in [0.05, 0.1) is 6.10 Å². The van der Waals surface area contributed by atoms with E-state index in [2.05, 4.69) is 5.43 Å². The first-order valence-corrected chi connectivity index (χ1v) is 5.48. The summed E-state index contributed by atoms with van der Waals surface area (Å²) in [5, 5.41) is 0. The Hall–Kier alpha value is -0.120. The summed E-state index contributed by atoms with van der Waals surface area (Å²) < 4.78 is 5.58. The van der Waals surface area contributed by atoms with Gasteiger partial charge in [0.2, 0.25) is 0 Å². The maximum Gasteiger partial charge on any atom is 0.0576 e. The Morgan fingerprint density at radius 2 is 2.23 bits per heavy atom. The van der Waals surface area contributed by atoms with Crippen molar-refractivity contribution in [3.05, 3.63) is 0 Å². The highest BCUT2D eigenvalue weighted by atomic mass is 16.5. The summed E-state index contributed by atoms with van der Waals surface area (Å²) in [7, 11) is 0.